The first-order valence-electron chi connectivity index (χ1n) is 12.3. The maximum atomic E-state index is 13.9. The Bertz CT molecular complexity index is 1220. The number of furan rings is 1. The molecule has 0 unspecified atom stereocenters. The van der Waals surface area contributed by atoms with Crippen molar-refractivity contribution in [2.24, 2.45) is 5.73 Å². The zero-order valence-corrected chi connectivity index (χ0v) is 21.5. The number of carbonyl (C=O) groups excluding carboxylic acids is 3. The summed E-state index contributed by atoms with van der Waals surface area (Å²) in [4.78, 5) is 40.9. The van der Waals surface area contributed by atoms with Gasteiger partial charge < -0.3 is 30.8 Å². The number of nitrogen functional groups attached to an aromatic ring is 1. The second-order valence-electron chi connectivity index (χ2n) is 8.90. The number of nitrogens with zero attached hydrogens (tertiary/aromatic N) is 2. The van der Waals surface area contributed by atoms with Crippen LogP contribution in [0.4, 0.5) is 5.69 Å². The molecule has 37 heavy (non-hydrogen) atoms. The van der Waals surface area contributed by atoms with E-state index in [1.54, 1.807) is 36.4 Å². The average molecular weight is 526 g/mol. The summed E-state index contributed by atoms with van der Waals surface area (Å²) in [5.74, 6) is -0.568. The normalized spacial score (nSPS) is 14.6. The molecule has 10 nitrogen and oxygen atoms in total. The molecule has 0 aliphatic heterocycles. The highest BCUT2D eigenvalue weighted by Crippen LogP contribution is 2.32. The standard InChI is InChI=1S/C26H31N5O5S/c1-2-35-18-12-10-16(11-13-18)22(25(33)29-17-7-4-3-5-8-17)31(15-19-9-6-14-36-19)26(34)23-20(27)21(24(28)32)30-37-23/h6,9-14,17,22H,2-5,7-8,15,27H2,1H3,(H2,28,32)(H,29,33)/t22-/m0/s1. The lowest BCUT2D eigenvalue weighted by molar-refractivity contribution is -0.127. The van der Waals surface area contributed by atoms with Crippen LogP contribution in [0.25, 0.3) is 0 Å². The number of nitrogens with one attached hydrogen (secondary N) is 1. The number of anilines is 1. The number of aromatic nitrogens is 1. The van der Waals surface area contributed by atoms with Gasteiger partial charge in [0, 0.05) is 6.04 Å². The van der Waals surface area contributed by atoms with Crippen molar-refractivity contribution in [2.45, 2.75) is 57.7 Å². The number of ether oxygens (including phenoxy) is 1. The first-order chi connectivity index (χ1) is 17.9. The summed E-state index contributed by atoms with van der Waals surface area (Å²) in [5.41, 5.74) is 11.8. The van der Waals surface area contributed by atoms with Crippen molar-refractivity contribution in [3.8, 4) is 5.75 Å². The van der Waals surface area contributed by atoms with Crippen molar-refractivity contribution in [1.29, 1.82) is 0 Å². The Hall–Kier alpha value is -3.86. The fraction of sp³-hybridized carbons (Fsp3) is 0.385. The summed E-state index contributed by atoms with van der Waals surface area (Å²) >= 11 is 0.773. The first kappa shape index (κ1) is 26.2. The number of rotatable bonds is 10. The van der Waals surface area contributed by atoms with Crippen LogP contribution in [0.5, 0.6) is 5.75 Å². The lowest BCUT2D eigenvalue weighted by Crippen LogP contribution is -2.46. The Morgan fingerprint density at radius 2 is 1.92 bits per heavy atom. The minimum atomic E-state index is -1.01. The van der Waals surface area contributed by atoms with Crippen LogP contribution in [-0.2, 0) is 11.3 Å². The third-order valence-corrected chi connectivity index (χ3v) is 7.19. The predicted octanol–water partition coefficient (Wildman–Crippen LogP) is 3.65. The van der Waals surface area contributed by atoms with Gasteiger partial charge in [-0.2, -0.15) is 4.37 Å². The van der Waals surface area contributed by atoms with Gasteiger partial charge in [-0.25, -0.2) is 0 Å². The van der Waals surface area contributed by atoms with E-state index < -0.39 is 17.9 Å². The maximum absolute atomic E-state index is 13.9. The van der Waals surface area contributed by atoms with Gasteiger partial charge in [-0.15, -0.1) is 0 Å². The number of hydrogen-bond acceptors (Lipinski definition) is 8. The van der Waals surface area contributed by atoms with E-state index in [4.69, 9.17) is 20.6 Å². The van der Waals surface area contributed by atoms with Crippen molar-refractivity contribution in [1.82, 2.24) is 14.6 Å². The molecule has 0 saturated heterocycles. The monoisotopic (exact) mass is 525 g/mol. The molecule has 1 aliphatic rings. The highest BCUT2D eigenvalue weighted by molar-refractivity contribution is 7.09. The average Bonchev–Trinajstić information content (AvgIpc) is 3.54. The molecule has 11 heteroatoms. The molecule has 2 aromatic heterocycles. The number of primary amides is 1. The Morgan fingerprint density at radius 1 is 1.19 bits per heavy atom. The van der Waals surface area contributed by atoms with Crippen LogP contribution in [0.1, 0.15) is 76.6 Å². The Morgan fingerprint density at radius 3 is 2.51 bits per heavy atom. The fourth-order valence-corrected chi connectivity index (χ4v) is 5.28. The van der Waals surface area contributed by atoms with Crippen LogP contribution in [0, 0.1) is 0 Å². The smallest absolute Gasteiger partial charge is 0.270 e. The minimum absolute atomic E-state index is 0.00889. The van der Waals surface area contributed by atoms with Gasteiger partial charge in [0.05, 0.1) is 25.1 Å². The molecule has 0 radical (unpaired) electrons. The number of amides is 3. The van der Waals surface area contributed by atoms with Crippen LogP contribution in [0.15, 0.2) is 47.1 Å². The molecule has 196 valence electrons. The zero-order chi connectivity index (χ0) is 26.4. The molecule has 0 bridgehead atoms. The van der Waals surface area contributed by atoms with Crippen molar-refractivity contribution in [3.63, 3.8) is 0 Å². The quantitative estimate of drug-likeness (QED) is 0.365. The molecule has 4 rings (SSSR count). The van der Waals surface area contributed by atoms with E-state index in [1.807, 2.05) is 6.92 Å². The van der Waals surface area contributed by atoms with Gasteiger partial charge >= 0.3 is 0 Å². The molecule has 1 atom stereocenters. The lowest BCUT2D eigenvalue weighted by Gasteiger charge is -2.33. The van der Waals surface area contributed by atoms with Gasteiger partial charge in [0.25, 0.3) is 11.8 Å². The third kappa shape index (κ3) is 6.11. The Labute approximate surface area is 219 Å². The van der Waals surface area contributed by atoms with Gasteiger partial charge in [0.15, 0.2) is 5.69 Å². The van der Waals surface area contributed by atoms with Crippen molar-refractivity contribution < 1.29 is 23.5 Å². The van der Waals surface area contributed by atoms with Gasteiger partial charge in [-0.3, -0.25) is 14.4 Å². The highest BCUT2D eigenvalue weighted by Gasteiger charge is 2.36. The second kappa shape index (κ2) is 11.9. The number of hydrogen-bond donors (Lipinski definition) is 3. The molecule has 2 heterocycles. The van der Waals surface area contributed by atoms with Crippen LogP contribution >= 0.6 is 11.5 Å². The molecule has 1 fully saturated rings. The lowest BCUT2D eigenvalue weighted by atomic mass is 9.94. The molecule has 3 amide bonds. The van der Waals surface area contributed by atoms with Crippen molar-refractivity contribution in [3.05, 3.63) is 64.6 Å². The van der Waals surface area contributed by atoms with E-state index in [2.05, 4.69) is 9.69 Å². The molecule has 0 spiro atoms. The largest absolute Gasteiger partial charge is 0.494 e. The van der Waals surface area contributed by atoms with Gasteiger partial charge in [-0.05, 0) is 61.1 Å². The molecule has 1 aromatic carbocycles. The molecular formula is C26H31N5O5S. The summed E-state index contributed by atoms with van der Waals surface area (Å²) in [5, 5.41) is 3.15. The Kier molecular flexibility index (Phi) is 8.44. The molecular weight excluding hydrogens is 494 g/mol. The summed E-state index contributed by atoms with van der Waals surface area (Å²) < 4.78 is 15.1. The number of nitrogens with two attached hydrogens (primary N) is 2. The minimum Gasteiger partial charge on any atom is -0.494 e. The van der Waals surface area contributed by atoms with Gasteiger partial charge in [0.2, 0.25) is 5.91 Å². The summed E-state index contributed by atoms with van der Waals surface area (Å²) in [6, 6.07) is 9.52. The zero-order valence-electron chi connectivity index (χ0n) is 20.6. The SMILES string of the molecule is CCOc1ccc([C@@H](C(=O)NC2CCCCC2)N(Cc2ccco2)C(=O)c2snc(C(N)=O)c2N)cc1. The third-order valence-electron chi connectivity index (χ3n) is 6.34. The highest BCUT2D eigenvalue weighted by atomic mass is 32.1. The van der Waals surface area contributed by atoms with E-state index in [9.17, 15) is 14.4 Å². The number of carbonyl (C=O) groups is 3. The van der Waals surface area contributed by atoms with Crippen LogP contribution in [0.3, 0.4) is 0 Å². The molecule has 1 aliphatic carbocycles. The van der Waals surface area contributed by atoms with Gasteiger partial charge in [0.1, 0.15) is 22.4 Å². The first-order valence-corrected chi connectivity index (χ1v) is 13.1. The topological polar surface area (TPSA) is 154 Å². The summed E-state index contributed by atoms with van der Waals surface area (Å²) in [6.07, 6.45) is 6.50. The van der Waals surface area contributed by atoms with E-state index >= 15 is 0 Å². The van der Waals surface area contributed by atoms with E-state index in [0.29, 0.717) is 23.7 Å². The molecule has 1 saturated carbocycles. The summed E-state index contributed by atoms with van der Waals surface area (Å²) in [6.45, 7) is 2.38. The second-order valence-corrected chi connectivity index (χ2v) is 9.67. The summed E-state index contributed by atoms with van der Waals surface area (Å²) in [7, 11) is 0. The Balaban J connectivity index is 1.75. The van der Waals surface area contributed by atoms with Crippen molar-refractivity contribution >= 4 is 34.9 Å². The van der Waals surface area contributed by atoms with Crippen LogP contribution in [0.2, 0.25) is 0 Å². The maximum Gasteiger partial charge on any atom is 0.270 e. The van der Waals surface area contributed by atoms with E-state index in [0.717, 1.165) is 43.6 Å². The molecule has 5 N–H and O–H groups in total. The van der Waals surface area contributed by atoms with E-state index in [1.165, 1.54) is 11.2 Å². The van der Waals surface area contributed by atoms with Crippen LogP contribution < -0.4 is 21.5 Å². The van der Waals surface area contributed by atoms with Crippen LogP contribution in [-0.4, -0.2) is 39.6 Å². The van der Waals surface area contributed by atoms with Crippen molar-refractivity contribution in [2.75, 3.05) is 12.3 Å². The van der Waals surface area contributed by atoms with Gasteiger partial charge in [-0.1, -0.05) is 31.4 Å². The number of benzene rings is 1. The fourth-order valence-electron chi connectivity index (χ4n) is 4.52. The molecule has 3 aromatic rings. The predicted molar refractivity (Wildman–Crippen MR) is 139 cm³/mol. The van der Waals surface area contributed by atoms with E-state index in [-0.39, 0.29) is 34.8 Å².